The highest BCUT2D eigenvalue weighted by molar-refractivity contribution is 6.50. The van der Waals surface area contributed by atoms with Crippen LogP contribution in [0.25, 0.3) is 33.0 Å². The Bertz CT molecular complexity index is 1410. The Balaban J connectivity index is 1.75. The molecule has 5 rings (SSSR count). The lowest BCUT2D eigenvalue weighted by Crippen LogP contribution is -2.22. The molecule has 2 aromatic carbocycles. The van der Waals surface area contributed by atoms with Crippen LogP contribution in [0.5, 0.6) is 0 Å². The maximum atomic E-state index is 13.1. The van der Waals surface area contributed by atoms with E-state index in [0.717, 1.165) is 40.3 Å². The van der Waals surface area contributed by atoms with Gasteiger partial charge in [0.1, 0.15) is 6.79 Å². The first-order chi connectivity index (χ1) is 16.1. The van der Waals surface area contributed by atoms with Crippen molar-refractivity contribution in [1.82, 2.24) is 14.5 Å². The number of fused-ring (bicyclic) bond motifs is 2. The largest absolute Gasteiger partial charge is 0.371 e. The molecule has 0 unspecified atom stereocenters. The molecule has 0 saturated heterocycles. The monoisotopic (exact) mass is 443 g/mol. The molecule has 2 amide bonds. The molecule has 168 valence electrons. The topological polar surface area (TPSA) is 85.5 Å². The molecule has 3 heterocycles. The third-order valence-electron chi connectivity index (χ3n) is 6.08. The maximum Gasteiger partial charge on any atom is 0.259 e. The van der Waals surface area contributed by atoms with Crippen LogP contribution in [0.3, 0.4) is 0 Å². The number of rotatable bonds is 8. The fourth-order valence-corrected chi connectivity index (χ4v) is 4.70. The number of nitrogens with one attached hydrogen (secondary N) is 1. The normalized spacial score (nSPS) is 14.1. The van der Waals surface area contributed by atoms with Crippen molar-refractivity contribution < 1.29 is 19.4 Å². The second kappa shape index (κ2) is 8.69. The minimum absolute atomic E-state index is 0.330. The van der Waals surface area contributed by atoms with Crippen molar-refractivity contribution in [3.8, 4) is 0 Å². The van der Waals surface area contributed by atoms with Gasteiger partial charge in [-0.25, -0.2) is 0 Å². The summed E-state index contributed by atoms with van der Waals surface area (Å²) in [7, 11) is 0. The molecule has 0 spiro atoms. The Morgan fingerprint density at radius 2 is 1.33 bits per heavy atom. The number of nitrogens with zero attached hydrogens (tertiary/aromatic N) is 2. The third kappa shape index (κ3) is 3.55. The minimum atomic E-state index is -0.392. The van der Waals surface area contributed by atoms with E-state index in [1.807, 2.05) is 65.5 Å². The Kier molecular flexibility index (Phi) is 5.58. The van der Waals surface area contributed by atoms with E-state index in [1.54, 1.807) is 0 Å². The lowest BCUT2D eigenvalue weighted by Gasteiger charge is -2.04. The Morgan fingerprint density at radius 1 is 0.818 bits per heavy atom. The van der Waals surface area contributed by atoms with Crippen LogP contribution in [-0.4, -0.2) is 39.5 Å². The number of amides is 2. The molecule has 7 heteroatoms. The molecule has 1 aliphatic rings. The highest BCUT2D eigenvalue weighted by Crippen LogP contribution is 2.39. The number of aryl methyl sites for hydroxylation is 1. The van der Waals surface area contributed by atoms with Crippen LogP contribution in [0.4, 0.5) is 0 Å². The van der Waals surface area contributed by atoms with Gasteiger partial charge in [-0.15, -0.1) is 0 Å². The fraction of sp³-hybridized carbons (Fsp3) is 0.231. The fourth-order valence-electron chi connectivity index (χ4n) is 4.70. The number of hydrogen-bond donors (Lipinski definition) is 2. The zero-order valence-electron chi connectivity index (χ0n) is 18.4. The van der Waals surface area contributed by atoms with E-state index < -0.39 is 5.91 Å². The minimum Gasteiger partial charge on any atom is -0.371 e. The predicted octanol–water partition coefficient (Wildman–Crippen LogP) is 3.54. The molecular weight excluding hydrogens is 418 g/mol. The van der Waals surface area contributed by atoms with Crippen molar-refractivity contribution in [1.29, 1.82) is 0 Å². The van der Waals surface area contributed by atoms with Crippen molar-refractivity contribution in [2.45, 2.75) is 26.4 Å². The first-order valence-corrected chi connectivity index (χ1v) is 11.1. The van der Waals surface area contributed by atoms with Crippen LogP contribution < -0.4 is 5.32 Å². The van der Waals surface area contributed by atoms with Gasteiger partial charge in [0.25, 0.3) is 11.8 Å². The number of hydrogen-bond acceptors (Lipinski definition) is 4. The SMILES string of the molecule is CCCn1cc(C2=C(c3cn(CCOCO)c4ccccc34)C(=O)NC2=O)c2ccccc21. The van der Waals surface area contributed by atoms with Gasteiger partial charge < -0.3 is 19.0 Å². The van der Waals surface area contributed by atoms with E-state index in [1.165, 1.54) is 0 Å². The Hall–Kier alpha value is -3.68. The summed E-state index contributed by atoms with van der Waals surface area (Å²) < 4.78 is 9.24. The zero-order valence-corrected chi connectivity index (χ0v) is 18.4. The van der Waals surface area contributed by atoms with Gasteiger partial charge >= 0.3 is 0 Å². The van der Waals surface area contributed by atoms with Crippen molar-refractivity contribution in [3.05, 3.63) is 72.1 Å². The van der Waals surface area contributed by atoms with Gasteiger partial charge in [-0.05, 0) is 18.6 Å². The number of aromatic nitrogens is 2. The van der Waals surface area contributed by atoms with Gasteiger partial charge in [-0.3, -0.25) is 14.9 Å². The summed E-state index contributed by atoms with van der Waals surface area (Å²) in [5.74, 6) is -0.772. The summed E-state index contributed by atoms with van der Waals surface area (Å²) in [6, 6.07) is 15.7. The highest BCUT2D eigenvalue weighted by Gasteiger charge is 2.35. The molecule has 33 heavy (non-hydrogen) atoms. The van der Waals surface area contributed by atoms with Crippen LogP contribution >= 0.6 is 0 Å². The molecule has 0 atom stereocenters. The van der Waals surface area contributed by atoms with Crippen LogP contribution in [0, 0.1) is 0 Å². The van der Waals surface area contributed by atoms with Crippen molar-refractivity contribution in [2.75, 3.05) is 13.4 Å². The molecule has 4 aromatic rings. The third-order valence-corrected chi connectivity index (χ3v) is 6.08. The van der Waals surface area contributed by atoms with Gasteiger partial charge in [-0.1, -0.05) is 43.3 Å². The summed E-state index contributed by atoms with van der Waals surface area (Å²) in [6.07, 6.45) is 4.83. The molecule has 2 aromatic heterocycles. The number of para-hydroxylation sites is 2. The van der Waals surface area contributed by atoms with Crippen LogP contribution in [0.1, 0.15) is 24.5 Å². The first-order valence-electron chi connectivity index (χ1n) is 11.1. The molecule has 1 aliphatic heterocycles. The van der Waals surface area contributed by atoms with E-state index in [9.17, 15) is 9.59 Å². The molecule has 0 radical (unpaired) electrons. The average Bonchev–Trinajstić information content (AvgIpc) is 3.45. The standard InChI is InChI=1S/C26H25N3O4/c1-2-11-28-14-19(17-7-3-5-9-21(17)28)23-24(26(32)27-25(23)31)20-15-29(12-13-33-16-30)22-10-6-4-8-18(20)22/h3-10,14-15,30H,2,11-13,16H2,1H3,(H,27,31,32). The van der Waals surface area contributed by atoms with Crippen LogP contribution in [0.2, 0.25) is 0 Å². The van der Waals surface area contributed by atoms with Crippen LogP contribution in [-0.2, 0) is 27.4 Å². The van der Waals surface area contributed by atoms with E-state index in [-0.39, 0.29) is 12.7 Å². The molecule has 0 saturated carbocycles. The molecule has 7 nitrogen and oxygen atoms in total. The van der Waals surface area contributed by atoms with Gasteiger partial charge in [0, 0.05) is 58.4 Å². The number of carbonyl (C=O) groups excluding carboxylic acids is 2. The van der Waals surface area contributed by atoms with Gasteiger partial charge in [0.05, 0.1) is 17.8 Å². The van der Waals surface area contributed by atoms with E-state index in [4.69, 9.17) is 9.84 Å². The number of ether oxygens (including phenoxy) is 1. The predicted molar refractivity (Wildman–Crippen MR) is 127 cm³/mol. The molecule has 0 aliphatic carbocycles. The molecular formula is C26H25N3O4. The summed E-state index contributed by atoms with van der Waals surface area (Å²) >= 11 is 0. The van der Waals surface area contributed by atoms with Gasteiger partial charge in [0.15, 0.2) is 0 Å². The molecule has 0 bridgehead atoms. The maximum absolute atomic E-state index is 13.1. The summed E-state index contributed by atoms with van der Waals surface area (Å²) in [6.45, 7) is 3.43. The lowest BCUT2D eigenvalue weighted by molar-refractivity contribution is -0.122. The van der Waals surface area contributed by atoms with Crippen molar-refractivity contribution in [3.63, 3.8) is 0 Å². The van der Waals surface area contributed by atoms with Crippen molar-refractivity contribution in [2.24, 2.45) is 0 Å². The number of benzene rings is 2. The summed E-state index contributed by atoms with van der Waals surface area (Å²) in [4.78, 5) is 26.2. The van der Waals surface area contributed by atoms with E-state index in [2.05, 4.69) is 16.8 Å². The zero-order chi connectivity index (χ0) is 22.9. The second-order valence-corrected chi connectivity index (χ2v) is 8.08. The Labute approximate surface area is 190 Å². The van der Waals surface area contributed by atoms with E-state index >= 15 is 0 Å². The van der Waals surface area contributed by atoms with Crippen LogP contribution in [0.15, 0.2) is 60.9 Å². The summed E-state index contributed by atoms with van der Waals surface area (Å²) in [5, 5.41) is 13.3. The number of carbonyl (C=O) groups is 2. The highest BCUT2D eigenvalue weighted by atomic mass is 16.6. The average molecular weight is 444 g/mol. The summed E-state index contributed by atoms with van der Waals surface area (Å²) in [5.41, 5.74) is 4.23. The van der Waals surface area contributed by atoms with Gasteiger partial charge in [0.2, 0.25) is 0 Å². The number of aliphatic hydroxyl groups is 1. The quantitative estimate of drug-likeness (QED) is 0.248. The smallest absolute Gasteiger partial charge is 0.259 e. The van der Waals surface area contributed by atoms with Crippen molar-refractivity contribution >= 4 is 44.8 Å². The van der Waals surface area contributed by atoms with E-state index in [0.29, 0.717) is 29.9 Å². The number of aliphatic hydroxyl groups excluding tert-OH is 1. The second-order valence-electron chi connectivity index (χ2n) is 8.08. The molecule has 2 N–H and O–H groups in total. The van der Waals surface area contributed by atoms with Gasteiger partial charge in [-0.2, -0.15) is 0 Å². The number of imide groups is 1. The Morgan fingerprint density at radius 3 is 1.85 bits per heavy atom. The first kappa shape index (κ1) is 21.2. The lowest BCUT2D eigenvalue weighted by atomic mass is 9.95. The molecule has 0 fully saturated rings.